The zero-order valence-corrected chi connectivity index (χ0v) is 13.2. The van der Waals surface area contributed by atoms with Gasteiger partial charge in [-0.2, -0.15) is 5.10 Å². The molecule has 7 heteroatoms. The highest BCUT2D eigenvalue weighted by Gasteiger charge is 2.53. The fourth-order valence-corrected chi connectivity index (χ4v) is 2.00. The molecule has 0 bridgehead atoms. The lowest BCUT2D eigenvalue weighted by atomic mass is 9.81. The van der Waals surface area contributed by atoms with Crippen LogP contribution in [-0.4, -0.2) is 48.3 Å². The molecule has 0 spiro atoms. The van der Waals surface area contributed by atoms with Crippen LogP contribution in [0.3, 0.4) is 0 Å². The van der Waals surface area contributed by atoms with Crippen LogP contribution in [0.2, 0.25) is 0 Å². The van der Waals surface area contributed by atoms with Gasteiger partial charge in [0.1, 0.15) is 6.61 Å². The van der Waals surface area contributed by atoms with Crippen molar-refractivity contribution in [2.45, 2.75) is 38.9 Å². The first-order valence-corrected chi connectivity index (χ1v) is 6.93. The molecule has 0 aromatic carbocycles. The van der Waals surface area contributed by atoms with Crippen molar-refractivity contribution >= 4 is 12.6 Å². The van der Waals surface area contributed by atoms with Crippen molar-refractivity contribution in [1.29, 1.82) is 0 Å². The van der Waals surface area contributed by atoms with E-state index < -0.39 is 7.12 Å². The largest absolute Gasteiger partial charge is 0.502 e. The molecule has 2 heterocycles. The van der Waals surface area contributed by atoms with Crippen molar-refractivity contribution in [1.82, 2.24) is 15.1 Å². The first kappa shape index (κ1) is 15.3. The topological polar surface area (TPSA) is 57.5 Å². The van der Waals surface area contributed by atoms with Crippen molar-refractivity contribution in [3.05, 3.63) is 6.20 Å². The van der Waals surface area contributed by atoms with Crippen LogP contribution < -0.4 is 15.5 Å². The Bertz CT molecular complexity index is 457. The second-order valence-electron chi connectivity index (χ2n) is 6.07. The molecule has 0 saturated carbocycles. The van der Waals surface area contributed by atoms with E-state index >= 15 is 0 Å². The van der Waals surface area contributed by atoms with E-state index in [0.717, 1.165) is 12.0 Å². The summed E-state index contributed by atoms with van der Waals surface area (Å²) in [5, 5.41) is 7.29. The number of nitrogens with one attached hydrogen (secondary N) is 1. The van der Waals surface area contributed by atoms with E-state index in [1.807, 2.05) is 41.8 Å². The highest BCUT2D eigenvalue weighted by Crippen LogP contribution is 2.37. The average molecular weight is 281 g/mol. The van der Waals surface area contributed by atoms with E-state index in [9.17, 15) is 0 Å². The number of nitrogens with zero attached hydrogens (tertiary/aromatic N) is 2. The van der Waals surface area contributed by atoms with Gasteiger partial charge in [0.05, 0.1) is 22.9 Å². The lowest BCUT2D eigenvalue weighted by Crippen LogP contribution is -2.41. The van der Waals surface area contributed by atoms with E-state index in [0.29, 0.717) is 12.5 Å². The summed E-state index contributed by atoms with van der Waals surface area (Å²) in [5.41, 5.74) is 0.105. The molecule has 20 heavy (non-hydrogen) atoms. The lowest BCUT2D eigenvalue weighted by Gasteiger charge is -2.32. The minimum atomic E-state index is -0.446. The van der Waals surface area contributed by atoms with E-state index in [4.69, 9.17) is 14.0 Å². The maximum atomic E-state index is 6.04. The standard InChI is InChI=1S/C13H24BN3O3/c1-12(2)13(3,4)20-14(19-12)10-9-16-17(6)11(10)18-8-7-15-5/h9,15H,7-8H2,1-6H3. The third-order valence-electron chi connectivity index (χ3n) is 4.01. The molecular weight excluding hydrogens is 257 g/mol. The number of ether oxygens (including phenoxy) is 1. The first-order chi connectivity index (χ1) is 9.28. The van der Waals surface area contributed by atoms with Gasteiger partial charge in [0.15, 0.2) is 0 Å². The first-order valence-electron chi connectivity index (χ1n) is 6.93. The molecule has 1 aromatic rings. The number of likely N-dealkylation sites (N-methyl/N-ethyl adjacent to an activating group) is 1. The molecule has 1 saturated heterocycles. The molecule has 0 radical (unpaired) electrons. The molecule has 112 valence electrons. The summed E-state index contributed by atoms with van der Waals surface area (Å²) >= 11 is 0. The Kier molecular flexibility index (Phi) is 4.13. The molecule has 0 aliphatic carbocycles. The predicted octanol–water partition coefficient (Wildman–Crippen LogP) is 0.318. The summed E-state index contributed by atoms with van der Waals surface area (Å²) in [6.07, 6.45) is 1.75. The third-order valence-corrected chi connectivity index (χ3v) is 4.01. The molecule has 2 rings (SSSR count). The summed E-state index contributed by atoms with van der Waals surface area (Å²) in [5.74, 6) is 0.693. The maximum absolute atomic E-state index is 6.04. The van der Waals surface area contributed by atoms with Crippen molar-refractivity contribution < 1.29 is 14.0 Å². The summed E-state index contributed by atoms with van der Waals surface area (Å²) in [7, 11) is 3.30. The van der Waals surface area contributed by atoms with E-state index in [-0.39, 0.29) is 11.2 Å². The Hall–Kier alpha value is -1.05. The molecule has 0 amide bonds. The Balaban J connectivity index is 2.18. The van der Waals surface area contributed by atoms with Crippen molar-refractivity contribution in [2.24, 2.45) is 7.05 Å². The highest BCUT2D eigenvalue weighted by atomic mass is 16.7. The van der Waals surface area contributed by atoms with Crippen LogP contribution in [-0.2, 0) is 16.4 Å². The molecule has 1 aliphatic rings. The minimum Gasteiger partial charge on any atom is -0.477 e. The van der Waals surface area contributed by atoms with Gasteiger partial charge < -0.3 is 19.4 Å². The predicted molar refractivity (Wildman–Crippen MR) is 78.3 cm³/mol. The Labute approximate surface area is 120 Å². The molecule has 1 fully saturated rings. The second kappa shape index (κ2) is 5.39. The SMILES string of the molecule is CNCCOc1c(B2OC(C)(C)C(C)(C)O2)cnn1C. The normalized spacial score (nSPS) is 20.4. The number of rotatable bonds is 5. The zero-order chi connectivity index (χ0) is 15.0. The zero-order valence-electron chi connectivity index (χ0n) is 13.2. The van der Waals surface area contributed by atoms with E-state index in [1.165, 1.54) is 0 Å². The Morgan fingerprint density at radius 3 is 2.45 bits per heavy atom. The molecule has 1 aliphatic heterocycles. The molecular formula is C13H24BN3O3. The van der Waals surface area contributed by atoms with Crippen LogP contribution in [0, 0.1) is 0 Å². The Morgan fingerprint density at radius 1 is 1.30 bits per heavy atom. The van der Waals surface area contributed by atoms with Gasteiger partial charge in [-0.15, -0.1) is 0 Å². The molecule has 6 nitrogen and oxygen atoms in total. The summed E-state index contributed by atoms with van der Waals surface area (Å²) in [4.78, 5) is 0. The van der Waals surface area contributed by atoms with Crippen molar-refractivity contribution in [2.75, 3.05) is 20.2 Å². The number of hydrogen-bond acceptors (Lipinski definition) is 5. The van der Waals surface area contributed by atoms with Gasteiger partial charge in [-0.25, -0.2) is 4.68 Å². The van der Waals surface area contributed by atoms with Crippen LogP contribution in [0.25, 0.3) is 0 Å². The molecule has 0 unspecified atom stereocenters. The minimum absolute atomic E-state index is 0.365. The van der Waals surface area contributed by atoms with Gasteiger partial charge in [-0.1, -0.05) is 0 Å². The smallest absolute Gasteiger partial charge is 0.477 e. The van der Waals surface area contributed by atoms with Gasteiger partial charge >= 0.3 is 7.12 Å². The van der Waals surface area contributed by atoms with Gasteiger partial charge in [0.2, 0.25) is 5.88 Å². The monoisotopic (exact) mass is 281 g/mol. The van der Waals surface area contributed by atoms with Crippen LogP contribution in [0.1, 0.15) is 27.7 Å². The van der Waals surface area contributed by atoms with Gasteiger partial charge in [0.25, 0.3) is 0 Å². The van der Waals surface area contributed by atoms with E-state index in [1.54, 1.807) is 10.9 Å². The molecule has 1 aromatic heterocycles. The summed E-state index contributed by atoms with van der Waals surface area (Å²) in [6, 6.07) is 0. The lowest BCUT2D eigenvalue weighted by molar-refractivity contribution is 0.00578. The third kappa shape index (κ3) is 2.70. The summed E-state index contributed by atoms with van der Waals surface area (Å²) < 4.78 is 19.6. The van der Waals surface area contributed by atoms with Crippen LogP contribution in [0.15, 0.2) is 6.20 Å². The second-order valence-corrected chi connectivity index (χ2v) is 6.07. The van der Waals surface area contributed by atoms with Gasteiger partial charge in [0, 0.05) is 13.6 Å². The quantitative estimate of drug-likeness (QED) is 0.622. The van der Waals surface area contributed by atoms with Crippen LogP contribution in [0.5, 0.6) is 5.88 Å². The summed E-state index contributed by atoms with van der Waals surface area (Å²) in [6.45, 7) is 9.47. The van der Waals surface area contributed by atoms with E-state index in [2.05, 4.69) is 10.4 Å². The Morgan fingerprint density at radius 2 is 1.90 bits per heavy atom. The number of hydrogen-bond donors (Lipinski definition) is 1. The van der Waals surface area contributed by atoms with Crippen LogP contribution in [0.4, 0.5) is 0 Å². The number of aryl methyl sites for hydroxylation is 1. The highest BCUT2D eigenvalue weighted by molar-refractivity contribution is 6.63. The van der Waals surface area contributed by atoms with Crippen LogP contribution >= 0.6 is 0 Å². The fourth-order valence-electron chi connectivity index (χ4n) is 2.00. The maximum Gasteiger partial charge on any atom is 0.502 e. The van der Waals surface area contributed by atoms with Crippen molar-refractivity contribution in [3.63, 3.8) is 0 Å². The molecule has 0 atom stereocenters. The fraction of sp³-hybridized carbons (Fsp3) is 0.769. The molecule has 1 N–H and O–H groups in total. The van der Waals surface area contributed by atoms with Gasteiger partial charge in [-0.3, -0.25) is 0 Å². The average Bonchev–Trinajstić information content (AvgIpc) is 2.79. The van der Waals surface area contributed by atoms with Crippen molar-refractivity contribution in [3.8, 4) is 5.88 Å². The van der Waals surface area contributed by atoms with Gasteiger partial charge in [-0.05, 0) is 34.7 Å². The number of aromatic nitrogens is 2.